The minimum atomic E-state index is 0.436. The number of nitrogen functional groups attached to an aromatic ring is 1. The number of anilines is 1. The molecule has 3 rings (SSSR count). The Morgan fingerprint density at radius 1 is 1.25 bits per heavy atom. The van der Waals surface area contributed by atoms with Crippen molar-refractivity contribution in [3.05, 3.63) is 30.0 Å². The molecule has 0 spiro atoms. The fourth-order valence-corrected chi connectivity index (χ4v) is 3.05. The van der Waals surface area contributed by atoms with E-state index < -0.39 is 0 Å². The summed E-state index contributed by atoms with van der Waals surface area (Å²) in [5.41, 5.74) is 9.57. The predicted molar refractivity (Wildman–Crippen MR) is 82.8 cm³/mol. The molecule has 1 aliphatic heterocycles. The highest BCUT2D eigenvalue weighted by Gasteiger charge is 2.17. The molecule has 1 saturated heterocycles. The minimum absolute atomic E-state index is 0.436. The monoisotopic (exact) mass is 273 g/mol. The maximum atomic E-state index is 6.12. The molecular weight excluding hydrogens is 250 g/mol. The van der Waals surface area contributed by atoms with Crippen molar-refractivity contribution >= 4 is 16.6 Å². The number of fused-ring (bicyclic) bond motifs is 1. The van der Waals surface area contributed by atoms with Gasteiger partial charge in [0.05, 0.1) is 18.7 Å². The number of rotatable bonds is 3. The molecule has 4 nitrogen and oxygen atoms in total. The normalized spacial score (nSPS) is 17.1. The zero-order valence-corrected chi connectivity index (χ0v) is 12.3. The van der Waals surface area contributed by atoms with E-state index in [0.717, 1.165) is 38.5 Å². The summed E-state index contributed by atoms with van der Waals surface area (Å²) in [6, 6.07) is 8.86. The number of benzene rings is 1. The van der Waals surface area contributed by atoms with Gasteiger partial charge in [-0.1, -0.05) is 6.07 Å². The van der Waals surface area contributed by atoms with Gasteiger partial charge >= 0.3 is 0 Å². The van der Waals surface area contributed by atoms with E-state index in [1.165, 1.54) is 16.6 Å². The fourth-order valence-electron chi connectivity index (χ4n) is 3.05. The zero-order valence-electron chi connectivity index (χ0n) is 12.3. The van der Waals surface area contributed by atoms with Crippen molar-refractivity contribution < 1.29 is 4.74 Å². The van der Waals surface area contributed by atoms with Gasteiger partial charge in [0.1, 0.15) is 0 Å². The van der Waals surface area contributed by atoms with Crippen molar-refractivity contribution in [3.8, 4) is 0 Å². The van der Waals surface area contributed by atoms with Gasteiger partial charge in [-0.05, 0) is 32.0 Å². The smallest absolute Gasteiger partial charge is 0.0594 e. The molecule has 0 amide bonds. The van der Waals surface area contributed by atoms with Crippen LogP contribution in [0, 0.1) is 0 Å². The highest BCUT2D eigenvalue weighted by molar-refractivity contribution is 5.92. The second kappa shape index (κ2) is 5.46. The molecule has 1 fully saturated rings. The molecule has 108 valence electrons. The van der Waals surface area contributed by atoms with Gasteiger partial charge in [-0.25, -0.2) is 0 Å². The molecule has 0 atom stereocenters. The molecule has 2 heterocycles. The first-order valence-corrected chi connectivity index (χ1v) is 7.35. The van der Waals surface area contributed by atoms with Crippen LogP contribution in [0.1, 0.15) is 25.6 Å². The van der Waals surface area contributed by atoms with Gasteiger partial charge in [0.2, 0.25) is 0 Å². The minimum Gasteiger partial charge on any atom is -0.398 e. The number of hydrogen-bond donors (Lipinski definition) is 1. The third kappa shape index (κ3) is 2.41. The summed E-state index contributed by atoms with van der Waals surface area (Å²) in [6.07, 6.45) is 0. The standard InChI is InChI=1S/C16H23N3O/c1-12(2)19-13(11-18-6-8-20-9-7-18)10-14-15(17)4-3-5-16(14)19/h3-5,10,12H,6-9,11,17H2,1-2H3. The second-order valence-electron chi connectivity index (χ2n) is 5.77. The number of nitrogens with zero attached hydrogens (tertiary/aromatic N) is 2. The zero-order chi connectivity index (χ0) is 14.1. The maximum absolute atomic E-state index is 6.12. The van der Waals surface area contributed by atoms with Gasteiger partial charge in [-0.15, -0.1) is 0 Å². The van der Waals surface area contributed by atoms with Crippen LogP contribution in [0.25, 0.3) is 10.9 Å². The number of ether oxygens (including phenoxy) is 1. The van der Waals surface area contributed by atoms with Crippen LogP contribution in [0.5, 0.6) is 0 Å². The highest BCUT2D eigenvalue weighted by Crippen LogP contribution is 2.29. The molecule has 0 unspecified atom stereocenters. The van der Waals surface area contributed by atoms with E-state index in [2.05, 4.69) is 35.4 Å². The first kappa shape index (κ1) is 13.5. The van der Waals surface area contributed by atoms with Gasteiger partial charge in [0.25, 0.3) is 0 Å². The van der Waals surface area contributed by atoms with Crippen LogP contribution in [0.2, 0.25) is 0 Å². The van der Waals surface area contributed by atoms with Crippen LogP contribution in [0.4, 0.5) is 5.69 Å². The summed E-state index contributed by atoms with van der Waals surface area (Å²) in [7, 11) is 0. The summed E-state index contributed by atoms with van der Waals surface area (Å²) in [5, 5.41) is 1.17. The number of nitrogens with two attached hydrogens (primary N) is 1. The third-order valence-corrected chi connectivity index (χ3v) is 4.00. The Hall–Kier alpha value is -1.52. The van der Waals surface area contributed by atoms with E-state index in [0.29, 0.717) is 6.04 Å². The lowest BCUT2D eigenvalue weighted by Crippen LogP contribution is -2.36. The summed E-state index contributed by atoms with van der Waals surface area (Å²) in [5.74, 6) is 0. The summed E-state index contributed by atoms with van der Waals surface area (Å²) in [4.78, 5) is 2.45. The van der Waals surface area contributed by atoms with Crippen molar-refractivity contribution in [2.45, 2.75) is 26.4 Å². The largest absolute Gasteiger partial charge is 0.398 e. The molecule has 2 N–H and O–H groups in total. The van der Waals surface area contributed by atoms with E-state index in [1.807, 2.05) is 12.1 Å². The molecule has 4 heteroatoms. The third-order valence-electron chi connectivity index (χ3n) is 4.00. The maximum Gasteiger partial charge on any atom is 0.0594 e. The molecule has 0 bridgehead atoms. The molecule has 1 aromatic heterocycles. The van der Waals surface area contributed by atoms with E-state index in [1.54, 1.807) is 0 Å². The molecule has 1 aliphatic rings. The van der Waals surface area contributed by atoms with Crippen LogP contribution in [0.3, 0.4) is 0 Å². The topological polar surface area (TPSA) is 43.4 Å². The van der Waals surface area contributed by atoms with Gasteiger partial charge in [0.15, 0.2) is 0 Å². The Labute approximate surface area is 120 Å². The van der Waals surface area contributed by atoms with Gasteiger partial charge < -0.3 is 15.0 Å². The van der Waals surface area contributed by atoms with Crippen LogP contribution in [-0.4, -0.2) is 35.8 Å². The quantitative estimate of drug-likeness (QED) is 0.874. The van der Waals surface area contributed by atoms with Gasteiger partial charge in [-0.2, -0.15) is 0 Å². The summed E-state index contributed by atoms with van der Waals surface area (Å²) >= 11 is 0. The van der Waals surface area contributed by atoms with Gasteiger partial charge in [-0.3, -0.25) is 4.90 Å². The fraction of sp³-hybridized carbons (Fsp3) is 0.500. The Balaban J connectivity index is 2.00. The lowest BCUT2D eigenvalue weighted by atomic mass is 10.2. The molecule has 0 saturated carbocycles. The number of morpholine rings is 1. The lowest BCUT2D eigenvalue weighted by molar-refractivity contribution is 0.0331. The Bertz CT molecular complexity index is 597. The molecule has 0 aliphatic carbocycles. The van der Waals surface area contributed by atoms with Crippen molar-refractivity contribution in [1.82, 2.24) is 9.47 Å². The average Bonchev–Trinajstić information content (AvgIpc) is 2.79. The average molecular weight is 273 g/mol. The Kier molecular flexibility index (Phi) is 3.68. The van der Waals surface area contributed by atoms with E-state index in [-0.39, 0.29) is 0 Å². The highest BCUT2D eigenvalue weighted by atomic mass is 16.5. The number of hydrogen-bond acceptors (Lipinski definition) is 3. The Morgan fingerprint density at radius 3 is 2.70 bits per heavy atom. The van der Waals surface area contributed by atoms with Gasteiger partial charge in [0, 0.05) is 42.4 Å². The molecule has 2 aromatic rings. The molecule has 0 radical (unpaired) electrons. The van der Waals surface area contributed by atoms with Crippen molar-refractivity contribution in [1.29, 1.82) is 0 Å². The SMILES string of the molecule is CC(C)n1c(CN2CCOCC2)cc2c(N)cccc21. The Morgan fingerprint density at radius 2 is 2.00 bits per heavy atom. The number of aromatic nitrogens is 1. The van der Waals surface area contributed by atoms with Crippen molar-refractivity contribution in [3.63, 3.8) is 0 Å². The van der Waals surface area contributed by atoms with Crippen LogP contribution in [-0.2, 0) is 11.3 Å². The molecule has 1 aromatic carbocycles. The van der Waals surface area contributed by atoms with Crippen molar-refractivity contribution in [2.24, 2.45) is 0 Å². The van der Waals surface area contributed by atoms with E-state index in [4.69, 9.17) is 10.5 Å². The van der Waals surface area contributed by atoms with Crippen LogP contribution >= 0.6 is 0 Å². The first-order valence-electron chi connectivity index (χ1n) is 7.35. The van der Waals surface area contributed by atoms with E-state index in [9.17, 15) is 0 Å². The summed E-state index contributed by atoms with van der Waals surface area (Å²) < 4.78 is 7.83. The molecule has 20 heavy (non-hydrogen) atoms. The van der Waals surface area contributed by atoms with Crippen LogP contribution < -0.4 is 5.73 Å². The van der Waals surface area contributed by atoms with E-state index >= 15 is 0 Å². The second-order valence-corrected chi connectivity index (χ2v) is 5.77. The predicted octanol–water partition coefficient (Wildman–Crippen LogP) is 2.64. The van der Waals surface area contributed by atoms with Crippen molar-refractivity contribution in [2.75, 3.05) is 32.0 Å². The van der Waals surface area contributed by atoms with Crippen LogP contribution in [0.15, 0.2) is 24.3 Å². The first-order chi connectivity index (χ1) is 9.66. The lowest BCUT2D eigenvalue weighted by Gasteiger charge is -2.27. The summed E-state index contributed by atoms with van der Waals surface area (Å²) in [6.45, 7) is 9.12. The molecular formula is C16H23N3O.